The van der Waals surface area contributed by atoms with Gasteiger partial charge >= 0.3 is 0 Å². The monoisotopic (exact) mass is 423 g/mol. The summed E-state index contributed by atoms with van der Waals surface area (Å²) in [5.74, 6) is 2.06. The van der Waals surface area contributed by atoms with Gasteiger partial charge in [0.1, 0.15) is 5.76 Å². The van der Waals surface area contributed by atoms with Gasteiger partial charge in [0, 0.05) is 32.1 Å². The van der Waals surface area contributed by atoms with Crippen molar-refractivity contribution in [2.24, 2.45) is 17.8 Å². The second kappa shape index (κ2) is 7.80. The maximum atomic E-state index is 13.7. The molecule has 1 aromatic rings. The van der Waals surface area contributed by atoms with Crippen molar-refractivity contribution in [1.82, 2.24) is 14.7 Å². The molecule has 5 heterocycles. The predicted molar refractivity (Wildman–Crippen MR) is 116 cm³/mol. The fourth-order valence-electron chi connectivity index (χ4n) is 7.14. The Hall–Kier alpha value is -2.08. The number of hydrogen-bond acceptors (Lipinski definition) is 4. The zero-order chi connectivity index (χ0) is 20.9. The highest BCUT2D eigenvalue weighted by Crippen LogP contribution is 2.45. The molecule has 6 heteroatoms. The van der Waals surface area contributed by atoms with E-state index in [0.717, 1.165) is 37.7 Å². The standard InChI is InChI=1S/C25H33N3O3/c29-23-13-20(15-27(23)16-21-6-4-10-31-21)25(30)28-9-3-5-17-11-18-12-19(24(17)28)14-26-8-2-1-7-22(18)26/h4,6,10-11,18-20,22,24H,1-3,5,7-9,12-16H2/t18-,19-,20-,22-,24-/m0/s1. The Bertz CT molecular complexity index is 879. The number of amides is 2. The normalized spacial score (nSPS) is 35.5. The minimum absolute atomic E-state index is 0.0695. The summed E-state index contributed by atoms with van der Waals surface area (Å²) in [7, 11) is 0. The van der Waals surface area contributed by atoms with Crippen LogP contribution in [-0.2, 0) is 16.1 Å². The third kappa shape index (κ3) is 3.43. The van der Waals surface area contributed by atoms with Crippen LogP contribution >= 0.6 is 0 Å². The maximum Gasteiger partial charge on any atom is 0.228 e. The van der Waals surface area contributed by atoms with Crippen LogP contribution in [0.1, 0.15) is 50.7 Å². The number of likely N-dealkylation sites (tertiary alicyclic amines) is 2. The van der Waals surface area contributed by atoms with Gasteiger partial charge in [-0.05, 0) is 62.6 Å². The molecule has 6 rings (SSSR count). The molecule has 4 fully saturated rings. The molecular formula is C25H33N3O3. The Labute approximate surface area is 184 Å². The molecule has 4 aliphatic heterocycles. The van der Waals surface area contributed by atoms with Crippen molar-refractivity contribution in [3.05, 3.63) is 35.8 Å². The third-order valence-electron chi connectivity index (χ3n) is 8.43. The lowest BCUT2D eigenvalue weighted by atomic mass is 9.68. The molecule has 166 valence electrons. The van der Waals surface area contributed by atoms with Crippen molar-refractivity contribution >= 4 is 11.8 Å². The molecule has 4 saturated heterocycles. The molecule has 0 spiro atoms. The van der Waals surface area contributed by atoms with Gasteiger partial charge in [-0.1, -0.05) is 18.1 Å². The van der Waals surface area contributed by atoms with Crippen LogP contribution in [0.15, 0.2) is 34.5 Å². The summed E-state index contributed by atoms with van der Waals surface area (Å²) >= 11 is 0. The largest absolute Gasteiger partial charge is 0.467 e. The topological polar surface area (TPSA) is 57.0 Å². The van der Waals surface area contributed by atoms with E-state index in [-0.39, 0.29) is 23.8 Å². The van der Waals surface area contributed by atoms with Crippen molar-refractivity contribution in [2.75, 3.05) is 26.2 Å². The number of carbonyl (C=O) groups is 2. The number of nitrogens with zero attached hydrogens (tertiary/aromatic N) is 3. The molecule has 0 N–H and O–H groups in total. The first-order chi connectivity index (χ1) is 15.2. The molecule has 2 amide bonds. The second-order valence-corrected chi connectivity index (χ2v) is 10.3. The summed E-state index contributed by atoms with van der Waals surface area (Å²) in [6, 6.07) is 4.72. The number of rotatable bonds is 3. The van der Waals surface area contributed by atoms with Gasteiger partial charge in [-0.15, -0.1) is 0 Å². The lowest BCUT2D eigenvalue weighted by Crippen LogP contribution is -2.60. The number of hydrogen-bond donors (Lipinski definition) is 0. The Balaban J connectivity index is 1.20. The van der Waals surface area contributed by atoms with Gasteiger partial charge in [-0.3, -0.25) is 14.5 Å². The van der Waals surface area contributed by atoms with E-state index in [1.807, 2.05) is 12.1 Å². The summed E-state index contributed by atoms with van der Waals surface area (Å²) in [6.45, 7) is 4.18. The molecule has 0 saturated carbocycles. The van der Waals surface area contributed by atoms with Crippen LogP contribution in [0.4, 0.5) is 0 Å². The fraction of sp³-hybridized carbons (Fsp3) is 0.680. The Kier molecular flexibility index (Phi) is 4.93. The summed E-state index contributed by atoms with van der Waals surface area (Å²) in [5, 5.41) is 0. The summed E-state index contributed by atoms with van der Waals surface area (Å²) in [4.78, 5) is 33.0. The Morgan fingerprint density at radius 2 is 2.10 bits per heavy atom. The molecule has 0 unspecified atom stereocenters. The summed E-state index contributed by atoms with van der Waals surface area (Å²) in [6.07, 6.45) is 12.0. The first kappa shape index (κ1) is 19.6. The number of piperidine rings is 3. The Morgan fingerprint density at radius 3 is 2.97 bits per heavy atom. The predicted octanol–water partition coefficient (Wildman–Crippen LogP) is 3.05. The van der Waals surface area contributed by atoms with E-state index >= 15 is 0 Å². The molecule has 31 heavy (non-hydrogen) atoms. The summed E-state index contributed by atoms with van der Waals surface area (Å²) < 4.78 is 5.41. The van der Waals surface area contributed by atoms with Crippen LogP contribution in [0.2, 0.25) is 0 Å². The van der Waals surface area contributed by atoms with Crippen LogP contribution in [0.5, 0.6) is 0 Å². The minimum atomic E-state index is -0.217. The molecule has 1 aromatic heterocycles. The van der Waals surface area contributed by atoms with Gasteiger partial charge in [-0.2, -0.15) is 0 Å². The molecule has 5 aliphatic rings. The zero-order valence-electron chi connectivity index (χ0n) is 18.2. The van der Waals surface area contributed by atoms with E-state index in [2.05, 4.69) is 15.9 Å². The van der Waals surface area contributed by atoms with Gasteiger partial charge in [-0.25, -0.2) is 0 Å². The third-order valence-corrected chi connectivity index (χ3v) is 8.43. The van der Waals surface area contributed by atoms with Gasteiger partial charge in [0.2, 0.25) is 11.8 Å². The molecule has 1 aliphatic carbocycles. The SMILES string of the molecule is O=C1C[C@H](C(=O)N2CCCC3=C[C@H]4C[C@@H](CN5CCCC[C@@H]45)[C@H]32)CN1Cc1ccco1. The van der Waals surface area contributed by atoms with Crippen molar-refractivity contribution in [3.8, 4) is 0 Å². The number of fused-ring (bicyclic) bond motifs is 6. The Morgan fingerprint density at radius 1 is 1.16 bits per heavy atom. The number of furan rings is 1. The van der Waals surface area contributed by atoms with Gasteiger partial charge in [0.05, 0.1) is 24.8 Å². The van der Waals surface area contributed by atoms with E-state index in [0.29, 0.717) is 31.3 Å². The van der Waals surface area contributed by atoms with Crippen molar-refractivity contribution in [2.45, 2.75) is 63.6 Å². The second-order valence-electron chi connectivity index (χ2n) is 10.3. The van der Waals surface area contributed by atoms with Crippen LogP contribution in [0, 0.1) is 17.8 Å². The van der Waals surface area contributed by atoms with Crippen LogP contribution in [0.25, 0.3) is 0 Å². The lowest BCUT2D eigenvalue weighted by Gasteiger charge is -2.55. The van der Waals surface area contributed by atoms with E-state index < -0.39 is 0 Å². The van der Waals surface area contributed by atoms with Crippen molar-refractivity contribution < 1.29 is 14.0 Å². The molecule has 0 radical (unpaired) electrons. The van der Waals surface area contributed by atoms with E-state index in [1.54, 1.807) is 11.2 Å². The van der Waals surface area contributed by atoms with Crippen LogP contribution in [0.3, 0.4) is 0 Å². The average Bonchev–Trinajstić information content (AvgIpc) is 3.43. The van der Waals surface area contributed by atoms with E-state index in [1.165, 1.54) is 37.8 Å². The highest BCUT2D eigenvalue weighted by Gasteiger charge is 2.48. The zero-order valence-corrected chi connectivity index (χ0v) is 18.2. The van der Waals surface area contributed by atoms with Gasteiger partial charge in [0.15, 0.2) is 0 Å². The highest BCUT2D eigenvalue weighted by molar-refractivity contribution is 5.89. The molecule has 0 aromatic carbocycles. The van der Waals surface area contributed by atoms with E-state index in [9.17, 15) is 9.59 Å². The smallest absolute Gasteiger partial charge is 0.228 e. The van der Waals surface area contributed by atoms with Crippen molar-refractivity contribution in [1.29, 1.82) is 0 Å². The molecule has 2 bridgehead atoms. The van der Waals surface area contributed by atoms with Gasteiger partial charge in [0.25, 0.3) is 0 Å². The molecular weight excluding hydrogens is 390 g/mol. The van der Waals surface area contributed by atoms with E-state index in [4.69, 9.17) is 4.42 Å². The first-order valence-corrected chi connectivity index (χ1v) is 12.2. The average molecular weight is 424 g/mol. The molecule has 5 atom stereocenters. The first-order valence-electron chi connectivity index (χ1n) is 12.2. The van der Waals surface area contributed by atoms with Crippen LogP contribution in [-0.4, -0.2) is 64.8 Å². The minimum Gasteiger partial charge on any atom is -0.467 e. The lowest BCUT2D eigenvalue weighted by molar-refractivity contribution is -0.140. The maximum absolute atomic E-state index is 13.7. The highest BCUT2D eigenvalue weighted by atomic mass is 16.3. The quantitative estimate of drug-likeness (QED) is 0.702. The van der Waals surface area contributed by atoms with Gasteiger partial charge < -0.3 is 14.2 Å². The summed E-state index contributed by atoms with van der Waals surface area (Å²) in [5.41, 5.74) is 1.52. The molecule has 6 nitrogen and oxygen atoms in total. The number of carbonyl (C=O) groups excluding carboxylic acids is 2. The van der Waals surface area contributed by atoms with Crippen molar-refractivity contribution in [3.63, 3.8) is 0 Å². The van der Waals surface area contributed by atoms with Crippen LogP contribution < -0.4 is 0 Å². The fourth-order valence-corrected chi connectivity index (χ4v) is 7.14.